The number of allylic oxidation sites excluding steroid dienone is 2. The second-order valence-corrected chi connectivity index (χ2v) is 1.89. The van der Waals surface area contributed by atoms with Gasteiger partial charge in [0.05, 0.1) is 0 Å². The zero-order chi connectivity index (χ0) is 5.40. The van der Waals surface area contributed by atoms with Crippen LogP contribution in [0.4, 0.5) is 0 Å². The first-order chi connectivity index (χ1) is 3.97. The number of fused-ring (bicyclic) bond motifs is 1. The van der Waals surface area contributed by atoms with Gasteiger partial charge in [-0.15, -0.1) is 0 Å². The Kier molecular flexibility index (Phi) is 0.771. The van der Waals surface area contributed by atoms with Crippen molar-refractivity contribution in [3.8, 4) is 0 Å². The number of hydrogen-bond donors (Lipinski definition) is 0. The highest BCUT2D eigenvalue weighted by Gasteiger charge is 2.31. The summed E-state index contributed by atoms with van der Waals surface area (Å²) in [5.41, 5.74) is 0. The van der Waals surface area contributed by atoms with E-state index in [1.807, 2.05) is 24.3 Å². The summed E-state index contributed by atoms with van der Waals surface area (Å²) in [6, 6.07) is 0. The molecule has 1 aliphatic heterocycles. The second-order valence-electron chi connectivity index (χ2n) is 1.89. The Labute approximate surface area is 47.3 Å². The van der Waals surface area contributed by atoms with Crippen LogP contribution in [0.3, 0.4) is 0 Å². The topological polar surface area (TPSA) is 18.5 Å². The van der Waals surface area contributed by atoms with Gasteiger partial charge in [0.25, 0.3) is 0 Å². The highest BCUT2D eigenvalue weighted by Crippen LogP contribution is 2.21. The molecule has 1 heterocycles. The summed E-state index contributed by atoms with van der Waals surface area (Å²) in [6.45, 7) is 0. The van der Waals surface area contributed by atoms with E-state index >= 15 is 0 Å². The summed E-state index contributed by atoms with van der Waals surface area (Å²) in [5.74, 6) is 0. The van der Waals surface area contributed by atoms with Gasteiger partial charge in [-0.3, -0.25) is 0 Å². The fourth-order valence-corrected chi connectivity index (χ4v) is 0.814. The van der Waals surface area contributed by atoms with Crippen molar-refractivity contribution in [2.75, 3.05) is 0 Å². The average Bonchev–Trinajstić information content (AvgIpc) is 1.72. The zero-order valence-corrected chi connectivity index (χ0v) is 4.28. The van der Waals surface area contributed by atoms with Crippen molar-refractivity contribution in [1.29, 1.82) is 0 Å². The van der Waals surface area contributed by atoms with E-state index in [4.69, 9.17) is 9.78 Å². The summed E-state index contributed by atoms with van der Waals surface area (Å²) < 4.78 is 0. The number of rotatable bonds is 0. The van der Waals surface area contributed by atoms with Crippen molar-refractivity contribution in [2.45, 2.75) is 12.2 Å². The Morgan fingerprint density at radius 2 is 1.38 bits per heavy atom. The van der Waals surface area contributed by atoms with Crippen LogP contribution in [0.2, 0.25) is 0 Å². The summed E-state index contributed by atoms with van der Waals surface area (Å²) >= 11 is 0. The number of hydrogen-bond acceptors (Lipinski definition) is 2. The van der Waals surface area contributed by atoms with E-state index in [-0.39, 0.29) is 12.2 Å². The molecule has 2 nitrogen and oxygen atoms in total. The van der Waals surface area contributed by atoms with Gasteiger partial charge in [0.2, 0.25) is 0 Å². The quantitative estimate of drug-likeness (QED) is 0.429. The first-order valence-electron chi connectivity index (χ1n) is 2.64. The monoisotopic (exact) mass is 110 g/mol. The van der Waals surface area contributed by atoms with E-state index in [0.29, 0.717) is 0 Å². The lowest BCUT2D eigenvalue weighted by Crippen LogP contribution is -2.40. The van der Waals surface area contributed by atoms with Gasteiger partial charge in [0, 0.05) is 0 Å². The molecule has 0 aromatic carbocycles. The van der Waals surface area contributed by atoms with Crippen LogP contribution in [0, 0.1) is 0 Å². The summed E-state index contributed by atoms with van der Waals surface area (Å²) in [7, 11) is 0. The highest BCUT2D eigenvalue weighted by atomic mass is 17.2. The van der Waals surface area contributed by atoms with Crippen molar-refractivity contribution < 1.29 is 9.78 Å². The molecule has 0 N–H and O–H groups in total. The van der Waals surface area contributed by atoms with Crippen LogP contribution in [0.15, 0.2) is 24.3 Å². The molecule has 0 aromatic heterocycles. The van der Waals surface area contributed by atoms with E-state index in [2.05, 4.69) is 0 Å². The maximum Gasteiger partial charge on any atom is 0.144 e. The van der Waals surface area contributed by atoms with Gasteiger partial charge in [-0.2, -0.15) is 0 Å². The molecule has 2 unspecified atom stereocenters. The van der Waals surface area contributed by atoms with Crippen molar-refractivity contribution in [2.24, 2.45) is 0 Å². The average molecular weight is 110 g/mol. The van der Waals surface area contributed by atoms with Crippen molar-refractivity contribution in [3.63, 3.8) is 0 Å². The molecule has 2 heteroatoms. The fourth-order valence-electron chi connectivity index (χ4n) is 0.814. The second kappa shape index (κ2) is 1.44. The molecule has 8 heavy (non-hydrogen) atoms. The predicted octanol–water partition coefficient (Wildman–Crippen LogP) is 0.811. The molecule has 2 atom stereocenters. The lowest BCUT2D eigenvalue weighted by Gasteiger charge is -2.31. The van der Waals surface area contributed by atoms with E-state index in [9.17, 15) is 0 Å². The Balaban J connectivity index is 2.17. The molecule has 0 saturated carbocycles. The third kappa shape index (κ3) is 0.441. The normalized spacial score (nSPS) is 41.0. The van der Waals surface area contributed by atoms with Crippen LogP contribution in [0.1, 0.15) is 0 Å². The third-order valence-electron chi connectivity index (χ3n) is 1.31. The molecule has 1 fully saturated rings. The van der Waals surface area contributed by atoms with Gasteiger partial charge in [0.15, 0.2) is 0 Å². The third-order valence-corrected chi connectivity index (χ3v) is 1.31. The lowest BCUT2D eigenvalue weighted by atomic mass is 10.1. The summed E-state index contributed by atoms with van der Waals surface area (Å²) in [4.78, 5) is 9.39. The Bertz CT molecular complexity index is 131. The molecule has 0 spiro atoms. The molecular formula is C6H6O2. The summed E-state index contributed by atoms with van der Waals surface area (Å²) in [5, 5.41) is 0. The fraction of sp³-hybridized carbons (Fsp3) is 0.333. The molecule has 42 valence electrons. The Morgan fingerprint density at radius 3 is 1.62 bits per heavy atom. The largest absolute Gasteiger partial charge is 0.225 e. The van der Waals surface area contributed by atoms with E-state index < -0.39 is 0 Å². The maximum absolute atomic E-state index is 4.70. The van der Waals surface area contributed by atoms with Gasteiger partial charge in [0.1, 0.15) is 12.2 Å². The SMILES string of the molecule is C1=CC2OOC2C=C1. The molecule has 1 aliphatic carbocycles. The molecule has 2 aliphatic rings. The minimum atomic E-state index is 0.194. The standard InChI is InChI=1S/C6H6O2/c1-2-4-6-5(3-1)7-8-6/h1-6H. The van der Waals surface area contributed by atoms with Gasteiger partial charge in [-0.25, -0.2) is 9.78 Å². The van der Waals surface area contributed by atoms with Crippen molar-refractivity contribution in [3.05, 3.63) is 24.3 Å². The Morgan fingerprint density at radius 1 is 0.875 bits per heavy atom. The van der Waals surface area contributed by atoms with Crippen LogP contribution in [-0.2, 0) is 9.78 Å². The first kappa shape index (κ1) is 4.30. The lowest BCUT2D eigenvalue weighted by molar-refractivity contribution is -0.439. The van der Waals surface area contributed by atoms with Crippen LogP contribution in [0.5, 0.6) is 0 Å². The molecular weight excluding hydrogens is 104 g/mol. The highest BCUT2D eigenvalue weighted by molar-refractivity contribution is 5.17. The molecule has 0 aromatic rings. The van der Waals surface area contributed by atoms with Gasteiger partial charge in [-0.1, -0.05) is 12.2 Å². The van der Waals surface area contributed by atoms with Crippen LogP contribution >= 0.6 is 0 Å². The van der Waals surface area contributed by atoms with Crippen LogP contribution in [0.25, 0.3) is 0 Å². The zero-order valence-electron chi connectivity index (χ0n) is 4.28. The molecule has 2 rings (SSSR count). The molecule has 1 saturated heterocycles. The van der Waals surface area contributed by atoms with E-state index in [1.165, 1.54) is 0 Å². The first-order valence-corrected chi connectivity index (χ1v) is 2.64. The molecule has 0 radical (unpaired) electrons. The summed E-state index contributed by atoms with van der Waals surface area (Å²) in [6.07, 6.45) is 8.27. The van der Waals surface area contributed by atoms with Crippen molar-refractivity contribution in [1.82, 2.24) is 0 Å². The van der Waals surface area contributed by atoms with E-state index in [1.54, 1.807) is 0 Å². The maximum atomic E-state index is 4.70. The predicted molar refractivity (Wildman–Crippen MR) is 28.0 cm³/mol. The van der Waals surface area contributed by atoms with Crippen LogP contribution < -0.4 is 0 Å². The Hall–Kier alpha value is -0.600. The van der Waals surface area contributed by atoms with Gasteiger partial charge >= 0.3 is 0 Å². The molecule has 0 amide bonds. The van der Waals surface area contributed by atoms with Crippen LogP contribution in [-0.4, -0.2) is 12.2 Å². The molecule has 0 bridgehead atoms. The van der Waals surface area contributed by atoms with Gasteiger partial charge < -0.3 is 0 Å². The smallest absolute Gasteiger partial charge is 0.144 e. The minimum absolute atomic E-state index is 0.194. The van der Waals surface area contributed by atoms with E-state index in [0.717, 1.165) is 0 Å². The van der Waals surface area contributed by atoms with Gasteiger partial charge in [-0.05, 0) is 12.2 Å². The van der Waals surface area contributed by atoms with Crippen molar-refractivity contribution >= 4 is 0 Å². The minimum Gasteiger partial charge on any atom is -0.225 e.